The fourth-order valence-electron chi connectivity index (χ4n) is 2.41. The molecule has 1 aliphatic rings. The zero-order valence-corrected chi connectivity index (χ0v) is 14.4. The second kappa shape index (κ2) is 8.65. The molecule has 0 bridgehead atoms. The quantitative estimate of drug-likeness (QED) is 0.833. The van der Waals surface area contributed by atoms with Crippen molar-refractivity contribution in [3.63, 3.8) is 0 Å². The standard InChI is InChI=1S/C17H25N3O4/c1-13(17(22)18-14-5-4-6-15(11-14)23-3)19(2)12-16(21)20-7-9-24-10-8-20/h4-6,11,13H,7-10,12H2,1-3H3,(H,18,22)/t13-/m0/s1. The maximum atomic E-state index is 12.4. The molecule has 0 spiro atoms. The van der Waals surface area contributed by atoms with Crippen LogP contribution in [0.1, 0.15) is 6.92 Å². The number of morpholine rings is 1. The van der Waals surface area contributed by atoms with E-state index in [-0.39, 0.29) is 18.4 Å². The van der Waals surface area contributed by atoms with E-state index in [1.54, 1.807) is 43.0 Å². The number of amides is 2. The number of carbonyl (C=O) groups excluding carboxylic acids is 2. The summed E-state index contributed by atoms with van der Waals surface area (Å²) >= 11 is 0. The first-order chi connectivity index (χ1) is 11.5. The summed E-state index contributed by atoms with van der Waals surface area (Å²) in [5.41, 5.74) is 0.666. The monoisotopic (exact) mass is 335 g/mol. The van der Waals surface area contributed by atoms with Gasteiger partial charge in [0, 0.05) is 24.8 Å². The molecular weight excluding hydrogens is 310 g/mol. The summed E-state index contributed by atoms with van der Waals surface area (Å²) in [7, 11) is 3.35. The molecule has 132 valence electrons. The van der Waals surface area contributed by atoms with Gasteiger partial charge in [-0.25, -0.2) is 0 Å². The lowest BCUT2D eigenvalue weighted by molar-refractivity contribution is -0.137. The first-order valence-corrected chi connectivity index (χ1v) is 8.02. The van der Waals surface area contributed by atoms with Gasteiger partial charge in [-0.05, 0) is 26.1 Å². The predicted octanol–water partition coefficient (Wildman–Crippen LogP) is 0.813. The van der Waals surface area contributed by atoms with Crippen LogP contribution in [0.2, 0.25) is 0 Å². The first-order valence-electron chi connectivity index (χ1n) is 8.02. The van der Waals surface area contributed by atoms with E-state index < -0.39 is 6.04 Å². The van der Waals surface area contributed by atoms with Crippen LogP contribution in [0, 0.1) is 0 Å². The number of benzene rings is 1. The second-order valence-electron chi connectivity index (χ2n) is 5.81. The summed E-state index contributed by atoms with van der Waals surface area (Å²) in [5.74, 6) is 0.527. The molecule has 24 heavy (non-hydrogen) atoms. The van der Waals surface area contributed by atoms with Gasteiger partial charge in [0.1, 0.15) is 5.75 Å². The number of nitrogens with zero attached hydrogens (tertiary/aromatic N) is 2. The summed E-state index contributed by atoms with van der Waals surface area (Å²) in [6.45, 7) is 4.34. The maximum Gasteiger partial charge on any atom is 0.241 e. The molecule has 0 aliphatic carbocycles. The molecule has 0 unspecified atom stereocenters. The van der Waals surface area contributed by atoms with Crippen molar-refractivity contribution in [1.82, 2.24) is 9.80 Å². The fourth-order valence-corrected chi connectivity index (χ4v) is 2.41. The number of hydrogen-bond donors (Lipinski definition) is 1. The van der Waals surface area contributed by atoms with E-state index in [0.717, 1.165) is 0 Å². The molecule has 1 saturated heterocycles. The Bertz CT molecular complexity index is 573. The zero-order chi connectivity index (χ0) is 17.5. The van der Waals surface area contributed by atoms with Crippen molar-refractivity contribution >= 4 is 17.5 Å². The molecule has 1 N–H and O–H groups in total. The highest BCUT2D eigenvalue weighted by Gasteiger charge is 2.23. The van der Waals surface area contributed by atoms with E-state index in [1.165, 1.54) is 0 Å². The molecule has 2 rings (SSSR count). The van der Waals surface area contributed by atoms with Gasteiger partial charge in [-0.15, -0.1) is 0 Å². The van der Waals surface area contributed by atoms with Gasteiger partial charge in [-0.3, -0.25) is 14.5 Å². The van der Waals surface area contributed by atoms with Crippen molar-refractivity contribution in [2.24, 2.45) is 0 Å². The Hall–Kier alpha value is -2.12. The van der Waals surface area contributed by atoms with Crippen molar-refractivity contribution in [3.8, 4) is 5.75 Å². The van der Waals surface area contributed by atoms with Crippen LogP contribution < -0.4 is 10.1 Å². The number of nitrogens with one attached hydrogen (secondary N) is 1. The van der Waals surface area contributed by atoms with Gasteiger partial charge >= 0.3 is 0 Å². The zero-order valence-electron chi connectivity index (χ0n) is 14.4. The lowest BCUT2D eigenvalue weighted by Gasteiger charge is -2.30. The number of rotatable bonds is 6. The molecule has 0 radical (unpaired) electrons. The lowest BCUT2D eigenvalue weighted by Crippen LogP contribution is -2.48. The third kappa shape index (κ3) is 4.94. The van der Waals surface area contributed by atoms with E-state index in [1.807, 2.05) is 12.1 Å². The van der Waals surface area contributed by atoms with Crippen LogP contribution in [0.15, 0.2) is 24.3 Å². The normalized spacial score (nSPS) is 15.9. The van der Waals surface area contributed by atoms with Crippen molar-refractivity contribution in [2.45, 2.75) is 13.0 Å². The van der Waals surface area contributed by atoms with Crippen LogP contribution in [0.25, 0.3) is 0 Å². The number of hydrogen-bond acceptors (Lipinski definition) is 5. The van der Waals surface area contributed by atoms with Crippen molar-refractivity contribution < 1.29 is 19.1 Å². The van der Waals surface area contributed by atoms with Gasteiger partial charge in [-0.1, -0.05) is 6.07 Å². The molecule has 2 amide bonds. The van der Waals surface area contributed by atoms with Gasteiger partial charge in [0.15, 0.2) is 0 Å². The van der Waals surface area contributed by atoms with Crippen LogP contribution in [-0.2, 0) is 14.3 Å². The minimum Gasteiger partial charge on any atom is -0.497 e. The minimum atomic E-state index is -0.429. The Morgan fingerprint density at radius 2 is 2.08 bits per heavy atom. The molecule has 7 nitrogen and oxygen atoms in total. The van der Waals surface area contributed by atoms with Crippen LogP contribution in [0.5, 0.6) is 5.75 Å². The average molecular weight is 335 g/mol. The van der Waals surface area contributed by atoms with E-state index in [2.05, 4.69) is 5.32 Å². The molecular formula is C17H25N3O4. The fraction of sp³-hybridized carbons (Fsp3) is 0.529. The number of carbonyl (C=O) groups is 2. The lowest BCUT2D eigenvalue weighted by atomic mass is 10.2. The largest absolute Gasteiger partial charge is 0.497 e. The second-order valence-corrected chi connectivity index (χ2v) is 5.81. The molecule has 1 aliphatic heterocycles. The minimum absolute atomic E-state index is 0.0156. The molecule has 0 aromatic heterocycles. The van der Waals surface area contributed by atoms with Gasteiger partial charge in [0.2, 0.25) is 11.8 Å². The highest BCUT2D eigenvalue weighted by atomic mass is 16.5. The third-order valence-electron chi connectivity index (χ3n) is 4.13. The van der Waals surface area contributed by atoms with Crippen LogP contribution in [-0.4, -0.2) is 74.7 Å². The number of ether oxygens (including phenoxy) is 2. The highest BCUT2D eigenvalue weighted by molar-refractivity contribution is 5.95. The number of methoxy groups -OCH3 is 1. The summed E-state index contributed by atoms with van der Waals surface area (Å²) in [5, 5.41) is 2.84. The van der Waals surface area contributed by atoms with Crippen LogP contribution >= 0.6 is 0 Å². The van der Waals surface area contributed by atoms with Crippen LogP contribution in [0.3, 0.4) is 0 Å². The molecule has 7 heteroatoms. The van der Waals surface area contributed by atoms with E-state index in [0.29, 0.717) is 37.7 Å². The van der Waals surface area contributed by atoms with Gasteiger partial charge < -0.3 is 19.7 Å². The van der Waals surface area contributed by atoms with E-state index in [9.17, 15) is 9.59 Å². The summed E-state index contributed by atoms with van der Waals surface area (Å²) in [6.07, 6.45) is 0. The topological polar surface area (TPSA) is 71.1 Å². The molecule has 1 aromatic carbocycles. The summed E-state index contributed by atoms with van der Waals surface area (Å²) < 4.78 is 10.4. The smallest absolute Gasteiger partial charge is 0.241 e. The van der Waals surface area contributed by atoms with E-state index >= 15 is 0 Å². The van der Waals surface area contributed by atoms with Gasteiger partial charge in [0.25, 0.3) is 0 Å². The average Bonchev–Trinajstić information content (AvgIpc) is 2.61. The Morgan fingerprint density at radius 3 is 2.75 bits per heavy atom. The van der Waals surface area contributed by atoms with Crippen molar-refractivity contribution in [2.75, 3.05) is 52.3 Å². The third-order valence-corrected chi connectivity index (χ3v) is 4.13. The Labute approximate surface area is 142 Å². The van der Waals surface area contributed by atoms with Crippen molar-refractivity contribution in [1.29, 1.82) is 0 Å². The predicted molar refractivity (Wildman–Crippen MR) is 91.1 cm³/mol. The molecule has 1 atom stereocenters. The molecule has 1 fully saturated rings. The molecule has 0 saturated carbocycles. The van der Waals surface area contributed by atoms with Crippen molar-refractivity contribution in [3.05, 3.63) is 24.3 Å². The SMILES string of the molecule is COc1cccc(NC(=O)[C@H](C)N(C)CC(=O)N2CCOCC2)c1. The Kier molecular flexibility index (Phi) is 6.57. The van der Waals surface area contributed by atoms with Gasteiger partial charge in [0.05, 0.1) is 32.9 Å². The van der Waals surface area contributed by atoms with E-state index in [4.69, 9.17) is 9.47 Å². The summed E-state index contributed by atoms with van der Waals surface area (Å²) in [4.78, 5) is 28.1. The van der Waals surface area contributed by atoms with Gasteiger partial charge in [-0.2, -0.15) is 0 Å². The molecule has 1 aromatic rings. The number of likely N-dealkylation sites (N-methyl/N-ethyl adjacent to an activating group) is 1. The highest BCUT2D eigenvalue weighted by Crippen LogP contribution is 2.17. The molecule has 1 heterocycles. The first kappa shape index (κ1) is 18.2. The Balaban J connectivity index is 1.87. The maximum absolute atomic E-state index is 12.4. The summed E-state index contributed by atoms with van der Waals surface area (Å²) in [6, 6.07) is 6.74. The Morgan fingerprint density at radius 1 is 1.38 bits per heavy atom. The van der Waals surface area contributed by atoms with Crippen LogP contribution in [0.4, 0.5) is 5.69 Å². The number of anilines is 1.